The summed E-state index contributed by atoms with van der Waals surface area (Å²) in [6, 6.07) is 1.29. The minimum Gasteiger partial charge on any atom is -0.364 e. The molecule has 1 rings (SSSR count). The third-order valence-electron chi connectivity index (χ3n) is 2.11. The van der Waals surface area contributed by atoms with Gasteiger partial charge in [0.2, 0.25) is 5.82 Å². The molecule has 0 aromatic carbocycles. The van der Waals surface area contributed by atoms with Gasteiger partial charge in [-0.1, -0.05) is 11.6 Å². The van der Waals surface area contributed by atoms with Crippen LogP contribution in [0.1, 0.15) is 6.42 Å². The van der Waals surface area contributed by atoms with Gasteiger partial charge in [0.15, 0.2) is 0 Å². The molecule has 0 radical (unpaired) electrons. The number of anilines is 1. The van der Waals surface area contributed by atoms with Crippen LogP contribution in [0.25, 0.3) is 0 Å². The molecule has 0 amide bonds. The van der Waals surface area contributed by atoms with Gasteiger partial charge >= 0.3 is 5.69 Å². The lowest BCUT2D eigenvalue weighted by molar-refractivity contribution is -0.384. The van der Waals surface area contributed by atoms with Crippen LogP contribution in [0.3, 0.4) is 0 Å². The van der Waals surface area contributed by atoms with Gasteiger partial charge in [0.1, 0.15) is 0 Å². The van der Waals surface area contributed by atoms with Crippen LogP contribution in [-0.4, -0.2) is 42.0 Å². The molecule has 94 valence electrons. The van der Waals surface area contributed by atoms with E-state index in [0.717, 1.165) is 13.0 Å². The molecule has 0 aliphatic rings. The number of hydrogen-bond acceptors (Lipinski definition) is 5. The number of halogens is 1. The summed E-state index contributed by atoms with van der Waals surface area (Å²) >= 11 is 5.66. The van der Waals surface area contributed by atoms with Gasteiger partial charge in [-0.2, -0.15) is 0 Å². The molecule has 1 heterocycles. The maximum atomic E-state index is 10.8. The highest BCUT2D eigenvalue weighted by molar-refractivity contribution is 6.30. The fourth-order valence-electron chi connectivity index (χ4n) is 1.31. The second-order valence-corrected chi connectivity index (χ2v) is 4.30. The molecule has 0 saturated carbocycles. The molecule has 0 saturated heterocycles. The van der Waals surface area contributed by atoms with E-state index in [1.54, 1.807) is 0 Å². The molecule has 1 aromatic rings. The third kappa shape index (κ3) is 4.54. The fourth-order valence-corrected chi connectivity index (χ4v) is 1.46. The van der Waals surface area contributed by atoms with Crippen molar-refractivity contribution in [2.75, 3.05) is 32.5 Å². The Morgan fingerprint density at radius 3 is 2.88 bits per heavy atom. The number of pyridine rings is 1. The standard InChI is InChI=1S/C10H15ClN4O2/c1-14(2)5-3-4-12-10-9(15(16)17)6-8(11)7-13-10/h6-7H,3-5H2,1-2H3,(H,12,13). The van der Waals surface area contributed by atoms with Crippen molar-refractivity contribution < 1.29 is 4.92 Å². The Bertz CT molecular complexity index is 398. The Hall–Kier alpha value is -1.40. The molecular weight excluding hydrogens is 244 g/mol. The van der Waals surface area contributed by atoms with Gasteiger partial charge in [0.05, 0.1) is 9.95 Å². The average molecular weight is 259 g/mol. The smallest absolute Gasteiger partial charge is 0.312 e. The van der Waals surface area contributed by atoms with Crippen molar-refractivity contribution in [2.45, 2.75) is 6.42 Å². The number of nitro groups is 1. The molecule has 0 spiro atoms. The monoisotopic (exact) mass is 258 g/mol. The van der Waals surface area contributed by atoms with Crippen LogP contribution in [-0.2, 0) is 0 Å². The van der Waals surface area contributed by atoms with Crippen LogP contribution in [0.4, 0.5) is 11.5 Å². The minimum absolute atomic E-state index is 0.0950. The Labute approximate surface area is 105 Å². The van der Waals surface area contributed by atoms with Crippen molar-refractivity contribution in [3.63, 3.8) is 0 Å². The summed E-state index contributed by atoms with van der Waals surface area (Å²) in [4.78, 5) is 16.2. The van der Waals surface area contributed by atoms with Crippen molar-refractivity contribution >= 4 is 23.1 Å². The van der Waals surface area contributed by atoms with E-state index < -0.39 is 4.92 Å². The summed E-state index contributed by atoms with van der Waals surface area (Å²) in [6.45, 7) is 1.54. The normalized spacial score (nSPS) is 10.6. The molecule has 7 heteroatoms. The minimum atomic E-state index is -0.493. The van der Waals surface area contributed by atoms with Crippen LogP contribution in [0.15, 0.2) is 12.3 Å². The molecular formula is C10H15ClN4O2. The molecule has 0 bridgehead atoms. The molecule has 0 fully saturated rings. The molecule has 6 nitrogen and oxygen atoms in total. The maximum absolute atomic E-state index is 10.8. The summed E-state index contributed by atoms with van der Waals surface area (Å²) < 4.78 is 0. The van der Waals surface area contributed by atoms with E-state index in [-0.39, 0.29) is 16.5 Å². The Morgan fingerprint density at radius 1 is 1.59 bits per heavy atom. The highest BCUT2D eigenvalue weighted by atomic mass is 35.5. The highest BCUT2D eigenvalue weighted by Crippen LogP contribution is 2.24. The largest absolute Gasteiger partial charge is 0.364 e. The fraction of sp³-hybridized carbons (Fsp3) is 0.500. The van der Waals surface area contributed by atoms with Crippen molar-refractivity contribution in [3.8, 4) is 0 Å². The lowest BCUT2D eigenvalue weighted by atomic mass is 10.3. The predicted molar refractivity (Wildman–Crippen MR) is 67.6 cm³/mol. The van der Waals surface area contributed by atoms with E-state index >= 15 is 0 Å². The number of nitrogens with one attached hydrogen (secondary N) is 1. The van der Waals surface area contributed by atoms with Gasteiger partial charge in [0, 0.05) is 18.8 Å². The Balaban J connectivity index is 2.61. The van der Waals surface area contributed by atoms with Crippen molar-refractivity contribution in [1.29, 1.82) is 0 Å². The first kappa shape index (κ1) is 13.7. The van der Waals surface area contributed by atoms with Crippen molar-refractivity contribution in [1.82, 2.24) is 9.88 Å². The van der Waals surface area contributed by atoms with Gasteiger partial charge in [-0.05, 0) is 27.1 Å². The zero-order valence-electron chi connectivity index (χ0n) is 9.81. The van der Waals surface area contributed by atoms with Crippen LogP contribution in [0, 0.1) is 10.1 Å². The zero-order chi connectivity index (χ0) is 12.8. The van der Waals surface area contributed by atoms with Crippen LogP contribution in [0.2, 0.25) is 5.02 Å². The van der Waals surface area contributed by atoms with E-state index in [4.69, 9.17) is 11.6 Å². The number of aromatic nitrogens is 1. The average Bonchev–Trinajstić information content (AvgIpc) is 2.25. The molecule has 0 aliphatic carbocycles. The van der Waals surface area contributed by atoms with Crippen molar-refractivity contribution in [2.24, 2.45) is 0 Å². The van der Waals surface area contributed by atoms with E-state index in [9.17, 15) is 10.1 Å². The lowest BCUT2D eigenvalue weighted by Crippen LogP contribution is -2.17. The summed E-state index contributed by atoms with van der Waals surface area (Å²) in [5, 5.41) is 14.0. The van der Waals surface area contributed by atoms with Gasteiger partial charge in [-0.25, -0.2) is 4.98 Å². The summed E-state index contributed by atoms with van der Waals surface area (Å²) in [7, 11) is 3.95. The van der Waals surface area contributed by atoms with Gasteiger partial charge in [-0.15, -0.1) is 0 Å². The molecule has 1 N–H and O–H groups in total. The Morgan fingerprint density at radius 2 is 2.29 bits per heavy atom. The van der Waals surface area contributed by atoms with Gasteiger partial charge in [-0.3, -0.25) is 10.1 Å². The molecule has 0 aliphatic heterocycles. The van der Waals surface area contributed by atoms with E-state index in [1.165, 1.54) is 12.3 Å². The van der Waals surface area contributed by atoms with Crippen molar-refractivity contribution in [3.05, 3.63) is 27.4 Å². The topological polar surface area (TPSA) is 71.3 Å². The molecule has 17 heavy (non-hydrogen) atoms. The highest BCUT2D eigenvalue weighted by Gasteiger charge is 2.15. The first-order valence-electron chi connectivity index (χ1n) is 5.19. The Kier molecular flexibility index (Phi) is 5.11. The quantitative estimate of drug-likeness (QED) is 0.480. The first-order valence-corrected chi connectivity index (χ1v) is 5.57. The lowest BCUT2D eigenvalue weighted by Gasteiger charge is -2.10. The van der Waals surface area contributed by atoms with Crippen LogP contribution < -0.4 is 5.32 Å². The summed E-state index contributed by atoms with van der Waals surface area (Å²) in [5.74, 6) is 0.262. The van der Waals surface area contributed by atoms with E-state index in [1.807, 2.05) is 19.0 Å². The number of nitrogens with zero attached hydrogens (tertiary/aromatic N) is 3. The molecule has 0 unspecified atom stereocenters. The number of rotatable bonds is 6. The first-order chi connectivity index (χ1) is 8.00. The second kappa shape index (κ2) is 6.36. The van der Waals surface area contributed by atoms with Gasteiger partial charge < -0.3 is 10.2 Å². The number of hydrogen-bond donors (Lipinski definition) is 1. The van der Waals surface area contributed by atoms with E-state index in [0.29, 0.717) is 6.54 Å². The SMILES string of the molecule is CN(C)CCCNc1ncc(Cl)cc1[N+](=O)[O-]. The van der Waals surface area contributed by atoms with E-state index in [2.05, 4.69) is 10.3 Å². The zero-order valence-corrected chi connectivity index (χ0v) is 10.6. The van der Waals surface area contributed by atoms with Crippen LogP contribution >= 0.6 is 11.6 Å². The van der Waals surface area contributed by atoms with Crippen LogP contribution in [0.5, 0.6) is 0 Å². The maximum Gasteiger partial charge on any atom is 0.312 e. The predicted octanol–water partition coefficient (Wildman–Crippen LogP) is 2.01. The summed E-state index contributed by atoms with van der Waals surface area (Å²) in [5.41, 5.74) is -0.0950. The molecule has 0 atom stereocenters. The van der Waals surface area contributed by atoms with Gasteiger partial charge in [0.25, 0.3) is 0 Å². The molecule has 1 aromatic heterocycles. The third-order valence-corrected chi connectivity index (χ3v) is 2.31. The summed E-state index contributed by atoms with van der Waals surface area (Å²) in [6.07, 6.45) is 2.28. The second-order valence-electron chi connectivity index (χ2n) is 3.86.